The molecule has 4 rings (SSSR count). The minimum atomic E-state index is -0.186. The van der Waals surface area contributed by atoms with Crippen molar-refractivity contribution < 1.29 is 9.18 Å². The molecule has 0 N–H and O–H groups in total. The maximum Gasteiger partial charge on any atom is 0.254 e. The summed E-state index contributed by atoms with van der Waals surface area (Å²) in [7, 11) is 0. The Balaban J connectivity index is 1.56. The zero-order valence-corrected chi connectivity index (χ0v) is 14.8. The van der Waals surface area contributed by atoms with Crippen LogP contribution in [0.15, 0.2) is 42.5 Å². The first-order valence-corrected chi connectivity index (χ1v) is 9.18. The van der Waals surface area contributed by atoms with E-state index >= 15 is 0 Å². The van der Waals surface area contributed by atoms with Gasteiger partial charge in [0, 0.05) is 17.6 Å². The molecule has 2 bridgehead atoms. The van der Waals surface area contributed by atoms with Crippen LogP contribution in [-0.4, -0.2) is 22.9 Å². The summed E-state index contributed by atoms with van der Waals surface area (Å²) >= 11 is 0. The average Bonchev–Trinajstić information content (AvgIpc) is 2.85. The van der Waals surface area contributed by atoms with Crippen LogP contribution in [0.5, 0.6) is 0 Å². The Morgan fingerprint density at radius 1 is 1.00 bits per heavy atom. The topological polar surface area (TPSA) is 20.3 Å². The lowest BCUT2D eigenvalue weighted by atomic mass is 9.84. The molecule has 130 valence electrons. The molecule has 2 aromatic carbocycles. The standard InChI is InChI=1S/C22H24FNO/c1-14-3-10-21(15(2)11-14)22(25)24-19-8-9-20(24)13-17(12-19)16-4-6-18(23)7-5-16/h3-7,10-11,17,19-20H,8-9,12-13H2,1-2H3/t17-,19+,20-. The summed E-state index contributed by atoms with van der Waals surface area (Å²) in [6, 6.07) is 13.6. The molecular weight excluding hydrogens is 313 g/mol. The number of aryl methyl sites for hydroxylation is 2. The number of rotatable bonds is 2. The molecule has 3 heteroatoms. The van der Waals surface area contributed by atoms with Gasteiger partial charge in [-0.25, -0.2) is 4.39 Å². The Bertz CT molecular complexity index is 784. The number of fused-ring (bicyclic) bond motifs is 2. The van der Waals surface area contributed by atoms with Crippen LogP contribution in [-0.2, 0) is 0 Å². The predicted octanol–water partition coefficient (Wildman–Crippen LogP) is 4.99. The second kappa shape index (κ2) is 6.29. The van der Waals surface area contributed by atoms with Crippen LogP contribution in [0.2, 0.25) is 0 Å². The fraction of sp³-hybridized carbons (Fsp3) is 0.409. The van der Waals surface area contributed by atoms with Gasteiger partial charge in [0.2, 0.25) is 0 Å². The normalized spacial score (nSPS) is 25.2. The number of hydrogen-bond donors (Lipinski definition) is 0. The lowest BCUT2D eigenvalue weighted by Gasteiger charge is -2.39. The molecule has 3 atom stereocenters. The van der Waals surface area contributed by atoms with Crippen molar-refractivity contribution in [2.75, 3.05) is 0 Å². The number of hydrogen-bond acceptors (Lipinski definition) is 1. The molecule has 0 aliphatic carbocycles. The minimum absolute atomic E-state index is 0.183. The van der Waals surface area contributed by atoms with Gasteiger partial charge in [0.15, 0.2) is 0 Å². The summed E-state index contributed by atoms with van der Waals surface area (Å²) in [6.45, 7) is 4.08. The number of benzene rings is 2. The van der Waals surface area contributed by atoms with Crippen molar-refractivity contribution in [2.24, 2.45) is 0 Å². The molecule has 2 aliphatic heterocycles. The van der Waals surface area contributed by atoms with Gasteiger partial charge in [0.25, 0.3) is 5.91 Å². The Morgan fingerprint density at radius 3 is 2.24 bits per heavy atom. The second-order valence-corrected chi connectivity index (χ2v) is 7.64. The summed E-state index contributed by atoms with van der Waals surface area (Å²) in [5.74, 6) is 0.429. The van der Waals surface area contributed by atoms with Crippen LogP contribution >= 0.6 is 0 Å². The SMILES string of the molecule is Cc1ccc(C(=O)N2[C@@H]3CC[C@H]2C[C@@H](c2ccc(F)cc2)C3)c(C)c1. The first-order chi connectivity index (χ1) is 12.0. The molecule has 2 aromatic rings. The molecule has 0 aromatic heterocycles. The van der Waals surface area contributed by atoms with E-state index in [0.717, 1.165) is 36.8 Å². The second-order valence-electron chi connectivity index (χ2n) is 7.64. The van der Waals surface area contributed by atoms with Crippen molar-refractivity contribution in [3.63, 3.8) is 0 Å². The van der Waals surface area contributed by atoms with E-state index in [2.05, 4.69) is 17.9 Å². The average molecular weight is 337 g/mol. The van der Waals surface area contributed by atoms with E-state index in [-0.39, 0.29) is 11.7 Å². The van der Waals surface area contributed by atoms with Gasteiger partial charge in [-0.15, -0.1) is 0 Å². The van der Waals surface area contributed by atoms with Crippen molar-refractivity contribution in [3.05, 3.63) is 70.5 Å². The molecular formula is C22H24FNO. The Morgan fingerprint density at radius 2 is 1.64 bits per heavy atom. The molecule has 25 heavy (non-hydrogen) atoms. The zero-order chi connectivity index (χ0) is 17.6. The van der Waals surface area contributed by atoms with Crippen molar-refractivity contribution in [2.45, 2.75) is 57.5 Å². The summed E-state index contributed by atoms with van der Waals surface area (Å²) in [5, 5.41) is 0. The van der Waals surface area contributed by atoms with E-state index in [1.54, 1.807) is 12.1 Å². The van der Waals surface area contributed by atoms with E-state index in [1.807, 2.05) is 31.2 Å². The Labute approximate surface area is 148 Å². The van der Waals surface area contributed by atoms with Gasteiger partial charge in [-0.1, -0.05) is 29.8 Å². The van der Waals surface area contributed by atoms with Crippen molar-refractivity contribution in [1.29, 1.82) is 0 Å². The number of amides is 1. The van der Waals surface area contributed by atoms with Crippen molar-refractivity contribution in [3.8, 4) is 0 Å². The van der Waals surface area contributed by atoms with Crippen LogP contribution in [0.25, 0.3) is 0 Å². The largest absolute Gasteiger partial charge is 0.333 e. The van der Waals surface area contributed by atoms with Gasteiger partial charge in [-0.2, -0.15) is 0 Å². The number of nitrogens with zero attached hydrogens (tertiary/aromatic N) is 1. The smallest absolute Gasteiger partial charge is 0.254 e. The third kappa shape index (κ3) is 2.97. The number of halogens is 1. The summed E-state index contributed by atoms with van der Waals surface area (Å²) in [4.78, 5) is 15.3. The highest BCUT2D eigenvalue weighted by Gasteiger charge is 2.43. The summed E-state index contributed by atoms with van der Waals surface area (Å²) in [5.41, 5.74) is 4.29. The Hall–Kier alpha value is -2.16. The van der Waals surface area contributed by atoms with Crippen LogP contribution in [0.3, 0.4) is 0 Å². The molecule has 0 saturated carbocycles. The quantitative estimate of drug-likeness (QED) is 0.756. The molecule has 1 amide bonds. The van der Waals surface area contributed by atoms with Gasteiger partial charge < -0.3 is 4.90 Å². The van der Waals surface area contributed by atoms with E-state index in [9.17, 15) is 9.18 Å². The molecule has 2 heterocycles. The van der Waals surface area contributed by atoms with E-state index in [4.69, 9.17) is 0 Å². The lowest BCUT2D eigenvalue weighted by Crippen LogP contribution is -2.46. The fourth-order valence-electron chi connectivity index (χ4n) is 4.71. The predicted molar refractivity (Wildman–Crippen MR) is 97.3 cm³/mol. The van der Waals surface area contributed by atoms with E-state index in [1.165, 1.54) is 11.1 Å². The summed E-state index contributed by atoms with van der Waals surface area (Å²) < 4.78 is 13.2. The highest BCUT2D eigenvalue weighted by Crippen LogP contribution is 2.43. The third-order valence-corrected chi connectivity index (χ3v) is 5.92. The maximum absolute atomic E-state index is 13.2. The van der Waals surface area contributed by atoms with Crippen molar-refractivity contribution >= 4 is 5.91 Å². The Kier molecular flexibility index (Phi) is 4.10. The molecule has 2 nitrogen and oxygen atoms in total. The molecule has 2 saturated heterocycles. The van der Waals surface area contributed by atoms with Crippen LogP contribution in [0, 0.1) is 19.7 Å². The van der Waals surface area contributed by atoms with Crippen LogP contribution < -0.4 is 0 Å². The highest BCUT2D eigenvalue weighted by molar-refractivity contribution is 5.96. The van der Waals surface area contributed by atoms with Gasteiger partial charge in [0.05, 0.1) is 0 Å². The lowest BCUT2D eigenvalue weighted by molar-refractivity contribution is 0.0571. The number of piperidine rings is 1. The first-order valence-electron chi connectivity index (χ1n) is 9.18. The van der Waals surface area contributed by atoms with Crippen LogP contribution in [0.4, 0.5) is 4.39 Å². The summed E-state index contributed by atoms with van der Waals surface area (Å²) in [6.07, 6.45) is 4.13. The maximum atomic E-state index is 13.2. The van der Waals surface area contributed by atoms with E-state index in [0.29, 0.717) is 18.0 Å². The molecule has 0 radical (unpaired) electrons. The van der Waals surface area contributed by atoms with Gasteiger partial charge in [0.1, 0.15) is 5.82 Å². The molecule has 0 unspecified atom stereocenters. The number of carbonyl (C=O) groups excluding carboxylic acids is 1. The van der Waals surface area contributed by atoms with Gasteiger partial charge in [-0.05, 0) is 74.8 Å². The zero-order valence-electron chi connectivity index (χ0n) is 14.8. The number of carbonyl (C=O) groups is 1. The third-order valence-electron chi connectivity index (χ3n) is 5.92. The fourth-order valence-corrected chi connectivity index (χ4v) is 4.71. The molecule has 2 fully saturated rings. The van der Waals surface area contributed by atoms with Crippen LogP contribution in [0.1, 0.15) is 58.6 Å². The van der Waals surface area contributed by atoms with Gasteiger partial charge >= 0.3 is 0 Å². The highest BCUT2D eigenvalue weighted by atomic mass is 19.1. The molecule has 2 aliphatic rings. The first kappa shape index (κ1) is 16.3. The minimum Gasteiger partial charge on any atom is -0.333 e. The van der Waals surface area contributed by atoms with Crippen molar-refractivity contribution in [1.82, 2.24) is 4.90 Å². The van der Waals surface area contributed by atoms with E-state index < -0.39 is 0 Å². The monoisotopic (exact) mass is 337 g/mol. The molecule has 0 spiro atoms. The van der Waals surface area contributed by atoms with Gasteiger partial charge in [-0.3, -0.25) is 4.79 Å².